The number of rotatable bonds is 4. The maximum absolute atomic E-state index is 10.9. The largest absolute Gasteiger partial charge is 0.507 e. The van der Waals surface area contributed by atoms with Crippen molar-refractivity contribution < 1.29 is 14.4 Å². The Morgan fingerprint density at radius 3 is 1.69 bits per heavy atom. The number of hydrogen-bond acceptors (Lipinski definition) is 4. The molecule has 4 nitrogen and oxygen atoms in total. The van der Waals surface area contributed by atoms with E-state index in [0.717, 1.165) is 22.4 Å². The molecule has 250 valence electrons. The highest BCUT2D eigenvalue weighted by molar-refractivity contribution is 6.62. The van der Waals surface area contributed by atoms with Gasteiger partial charge >= 0.3 is 7.12 Å². The molecule has 1 N–H and O–H groups in total. The van der Waals surface area contributed by atoms with Gasteiger partial charge in [-0.1, -0.05) is 120 Å². The van der Waals surface area contributed by atoms with E-state index in [1.54, 1.807) is 6.07 Å². The molecule has 0 unspecified atom stereocenters. The van der Waals surface area contributed by atoms with Gasteiger partial charge in [-0.25, -0.2) is 0 Å². The van der Waals surface area contributed by atoms with Crippen LogP contribution in [0.4, 0.5) is 0 Å². The molecule has 1 aliphatic heterocycles. The lowest BCUT2D eigenvalue weighted by Crippen LogP contribution is -2.41. The molecule has 0 atom stereocenters. The fourth-order valence-corrected chi connectivity index (χ4v) is 7.37. The van der Waals surface area contributed by atoms with Crippen molar-refractivity contribution >= 4 is 12.6 Å². The highest BCUT2D eigenvalue weighted by atomic mass is 16.7. The van der Waals surface area contributed by atoms with E-state index in [1.165, 1.54) is 33.4 Å². The number of hydrogen-bond donors (Lipinski definition) is 1. The zero-order chi connectivity index (χ0) is 35.1. The normalized spacial score (nSPS) is 17.6. The van der Waals surface area contributed by atoms with Crippen LogP contribution in [0.25, 0.3) is 22.4 Å². The predicted octanol–water partition coefficient (Wildman–Crippen LogP) is 9.71. The number of phenolic OH excluding ortho intramolecular Hbond substituents is 1. The van der Waals surface area contributed by atoms with E-state index in [1.807, 2.05) is 24.3 Å². The highest BCUT2D eigenvalue weighted by Gasteiger charge is 2.53. The van der Waals surface area contributed by atoms with E-state index in [9.17, 15) is 5.11 Å². The second-order valence-corrected chi connectivity index (χ2v) is 16.9. The molecule has 0 radical (unpaired) electrons. The predicted molar refractivity (Wildman–Crippen MR) is 202 cm³/mol. The summed E-state index contributed by atoms with van der Waals surface area (Å²) in [6, 6.07) is 36.4. The quantitative estimate of drug-likeness (QED) is 0.193. The van der Waals surface area contributed by atoms with Gasteiger partial charge in [0.15, 0.2) is 0 Å². The lowest BCUT2D eigenvalue weighted by molar-refractivity contribution is 0.00578. The average molecular weight is 650 g/mol. The van der Waals surface area contributed by atoms with Crippen LogP contribution in [0, 0.1) is 0 Å². The Bertz CT molecular complexity index is 2000. The summed E-state index contributed by atoms with van der Waals surface area (Å²) in [5.74, 6) is 0.209. The van der Waals surface area contributed by atoms with Crippen molar-refractivity contribution in [2.45, 2.75) is 96.7 Å². The molecule has 5 heteroatoms. The van der Waals surface area contributed by atoms with Gasteiger partial charge in [0.25, 0.3) is 0 Å². The first-order valence-electron chi connectivity index (χ1n) is 17.5. The fourth-order valence-electron chi connectivity index (χ4n) is 7.37. The zero-order valence-corrected chi connectivity index (χ0v) is 30.6. The van der Waals surface area contributed by atoms with Crippen molar-refractivity contribution in [1.82, 2.24) is 4.98 Å². The topological polar surface area (TPSA) is 51.6 Å². The van der Waals surface area contributed by atoms with Crippen LogP contribution < -0.4 is 5.46 Å². The summed E-state index contributed by atoms with van der Waals surface area (Å²) in [7, 11) is -0.510. The monoisotopic (exact) mass is 649 g/mol. The second-order valence-electron chi connectivity index (χ2n) is 16.9. The fraction of sp³-hybridized carbons (Fsp3) is 0.341. The van der Waals surface area contributed by atoms with Crippen molar-refractivity contribution in [3.8, 4) is 28.1 Å². The van der Waals surface area contributed by atoms with Crippen molar-refractivity contribution in [3.63, 3.8) is 0 Å². The van der Waals surface area contributed by atoms with Gasteiger partial charge in [0.05, 0.1) is 28.0 Å². The van der Waals surface area contributed by atoms with Crippen LogP contribution in [0.1, 0.15) is 103 Å². The number of aromatic hydroxyl groups is 1. The zero-order valence-electron chi connectivity index (χ0n) is 30.6. The van der Waals surface area contributed by atoms with E-state index in [-0.39, 0.29) is 16.6 Å². The third kappa shape index (κ3) is 5.34. The van der Waals surface area contributed by atoms with Gasteiger partial charge in [-0.05, 0) is 107 Å². The van der Waals surface area contributed by atoms with Crippen LogP contribution in [0.2, 0.25) is 0 Å². The van der Waals surface area contributed by atoms with Gasteiger partial charge in [-0.15, -0.1) is 0 Å². The van der Waals surface area contributed by atoms with E-state index < -0.39 is 23.7 Å². The number of aromatic nitrogens is 1. The number of benzene rings is 4. The van der Waals surface area contributed by atoms with Gasteiger partial charge in [0.2, 0.25) is 0 Å². The van der Waals surface area contributed by atoms with Crippen LogP contribution in [0.5, 0.6) is 5.75 Å². The summed E-state index contributed by atoms with van der Waals surface area (Å²) in [4.78, 5) is 5.47. The van der Waals surface area contributed by atoms with Crippen LogP contribution in [-0.2, 0) is 25.6 Å². The SMILES string of the molecule is CC(C)(C)c1ccc2c(c1)C(c1cccc(B3OC(C)(C)C(C)(C)O3)c1)(c1cccc(-c3ccccc3O)n1)c1cc(C(C)(C)C)ccc1-2. The maximum Gasteiger partial charge on any atom is 0.494 e. The number of fused-ring (bicyclic) bond motifs is 3. The first kappa shape index (κ1) is 33.3. The van der Waals surface area contributed by atoms with Gasteiger partial charge in [-0.3, -0.25) is 4.98 Å². The van der Waals surface area contributed by atoms with Gasteiger partial charge in [-0.2, -0.15) is 0 Å². The van der Waals surface area contributed by atoms with Gasteiger partial charge in [0.1, 0.15) is 5.75 Å². The molecule has 1 aromatic heterocycles. The van der Waals surface area contributed by atoms with E-state index in [2.05, 4.69) is 142 Å². The molecule has 0 amide bonds. The Hall–Kier alpha value is -4.19. The first-order chi connectivity index (χ1) is 22.9. The van der Waals surface area contributed by atoms with Crippen LogP contribution in [0.3, 0.4) is 0 Å². The molecular weight excluding hydrogens is 601 g/mol. The van der Waals surface area contributed by atoms with E-state index >= 15 is 0 Å². The molecule has 2 heterocycles. The summed E-state index contributed by atoms with van der Waals surface area (Å²) in [6.45, 7) is 22.0. The molecule has 49 heavy (non-hydrogen) atoms. The van der Waals surface area contributed by atoms with Gasteiger partial charge < -0.3 is 14.4 Å². The maximum atomic E-state index is 10.9. The molecule has 1 aliphatic carbocycles. The average Bonchev–Trinajstić information content (AvgIpc) is 3.46. The van der Waals surface area contributed by atoms with Crippen LogP contribution in [-0.4, -0.2) is 28.4 Å². The van der Waals surface area contributed by atoms with E-state index in [4.69, 9.17) is 14.3 Å². The molecular formula is C44H48BNO3. The standard InChI is InChI=1S/C44H48BNO3/c1-40(2,3)28-21-23-32-33-24-22-29(41(4,5)6)27-36(33)44(35(32)26-28,39-20-14-18-37(46-39)34-17-11-12-19-38(34)47)30-15-13-16-31(25-30)45-48-42(7,8)43(9,10)49-45/h11-27,47H,1-10H3. The Labute approximate surface area is 292 Å². The molecule has 5 aromatic rings. The number of pyridine rings is 1. The van der Waals surface area contributed by atoms with E-state index in [0.29, 0.717) is 5.56 Å². The lowest BCUT2D eigenvalue weighted by Gasteiger charge is -2.35. The van der Waals surface area contributed by atoms with Crippen LogP contribution >= 0.6 is 0 Å². The molecule has 0 spiro atoms. The molecule has 4 aromatic carbocycles. The Morgan fingerprint density at radius 2 is 1.14 bits per heavy atom. The minimum absolute atomic E-state index is 0.0677. The van der Waals surface area contributed by atoms with Crippen molar-refractivity contribution in [3.05, 3.63) is 137 Å². The number of phenols is 1. The summed E-state index contributed by atoms with van der Waals surface area (Å²) >= 11 is 0. The third-order valence-corrected chi connectivity index (χ3v) is 11.0. The molecule has 1 fully saturated rings. The van der Waals surface area contributed by atoms with Crippen LogP contribution in [0.15, 0.2) is 103 Å². The summed E-state index contributed by atoms with van der Waals surface area (Å²) in [5.41, 5.74) is 9.91. The Kier molecular flexibility index (Phi) is 7.59. The first-order valence-corrected chi connectivity index (χ1v) is 17.5. The molecule has 1 saturated heterocycles. The minimum Gasteiger partial charge on any atom is -0.507 e. The molecule has 0 bridgehead atoms. The molecule has 0 saturated carbocycles. The molecule has 2 aliphatic rings. The summed E-state index contributed by atoms with van der Waals surface area (Å²) in [5, 5.41) is 10.9. The van der Waals surface area contributed by atoms with Gasteiger partial charge in [0, 0.05) is 5.56 Å². The van der Waals surface area contributed by atoms with Crippen molar-refractivity contribution in [1.29, 1.82) is 0 Å². The third-order valence-electron chi connectivity index (χ3n) is 11.0. The second kappa shape index (κ2) is 11.2. The minimum atomic E-state index is -0.771. The summed E-state index contributed by atoms with van der Waals surface area (Å²) < 4.78 is 13.2. The lowest BCUT2D eigenvalue weighted by atomic mass is 9.66. The Balaban J connectivity index is 1.58. The van der Waals surface area contributed by atoms with Crippen molar-refractivity contribution in [2.75, 3.05) is 0 Å². The smallest absolute Gasteiger partial charge is 0.494 e. The number of nitrogens with zero attached hydrogens (tertiary/aromatic N) is 1. The Morgan fingerprint density at radius 1 is 0.592 bits per heavy atom. The highest BCUT2D eigenvalue weighted by Crippen LogP contribution is 2.57. The molecule has 7 rings (SSSR count). The number of para-hydroxylation sites is 1. The van der Waals surface area contributed by atoms with Crippen molar-refractivity contribution in [2.24, 2.45) is 0 Å². The summed E-state index contributed by atoms with van der Waals surface area (Å²) in [6.07, 6.45) is 0.